The molecule has 4 aliphatic rings. The number of phenolic OH excluding ortho intramolecular Hbond substituents is 2. The standard InChI is InChI=1S/C36H38O12/c1-16-12-21-19-13-18-17(6-4-9-23(18)47-32-30(42)29(41)28(40)24(15-37)48-32)27(39)26(19)36(46)20-7-5-8-22(38)25(20)31(43)34(21,35(36,45)14-16)11-10-33(2,3)44/h4-13,21,24,28-30,32,37-42,44-46H,14-15H2,1-3H3/b11-10+/t21-,24+,28-,29-,30-,32+,34-,35+,36+/m1/s1. The Morgan fingerprint density at radius 3 is 2.42 bits per heavy atom. The van der Waals surface area contributed by atoms with Gasteiger partial charge in [-0.05, 0) is 44.5 Å². The number of ketones is 1. The van der Waals surface area contributed by atoms with Gasteiger partial charge in [-0.3, -0.25) is 4.79 Å². The number of rotatable bonds is 5. The van der Waals surface area contributed by atoms with E-state index in [1.54, 1.807) is 25.1 Å². The van der Waals surface area contributed by atoms with E-state index in [2.05, 4.69) is 0 Å². The Labute approximate surface area is 275 Å². The molecule has 254 valence electrons. The average Bonchev–Trinajstić information content (AvgIpc) is 3.02. The number of allylic oxidation sites excluding steroid dienone is 1. The van der Waals surface area contributed by atoms with Crippen molar-refractivity contribution in [2.45, 2.75) is 80.6 Å². The van der Waals surface area contributed by atoms with E-state index >= 15 is 0 Å². The molecule has 1 heterocycles. The van der Waals surface area contributed by atoms with E-state index in [0.29, 0.717) is 5.57 Å². The molecule has 3 aromatic carbocycles. The second kappa shape index (κ2) is 10.6. The number of aliphatic hydroxyl groups is 7. The molecule has 0 unspecified atom stereocenters. The van der Waals surface area contributed by atoms with Crippen LogP contribution in [0.3, 0.4) is 0 Å². The van der Waals surface area contributed by atoms with Crippen LogP contribution in [-0.4, -0.2) is 100 Å². The van der Waals surface area contributed by atoms with Crippen molar-refractivity contribution in [1.82, 2.24) is 0 Å². The van der Waals surface area contributed by atoms with Gasteiger partial charge in [-0.2, -0.15) is 0 Å². The minimum atomic E-state index is -2.47. The molecule has 7 rings (SSSR count). The zero-order valence-electron chi connectivity index (χ0n) is 26.4. The molecular formula is C36H38O12. The van der Waals surface area contributed by atoms with Crippen molar-refractivity contribution in [3.63, 3.8) is 0 Å². The summed E-state index contributed by atoms with van der Waals surface area (Å²) in [7, 11) is 0. The number of benzene rings is 3. The van der Waals surface area contributed by atoms with Crippen molar-refractivity contribution in [2.24, 2.45) is 5.41 Å². The minimum Gasteiger partial charge on any atom is -0.507 e. The van der Waals surface area contributed by atoms with E-state index in [4.69, 9.17) is 9.47 Å². The predicted octanol–water partition coefficient (Wildman–Crippen LogP) is 1.35. The minimum absolute atomic E-state index is 0.0508. The van der Waals surface area contributed by atoms with E-state index in [9.17, 15) is 50.8 Å². The Morgan fingerprint density at radius 1 is 1.02 bits per heavy atom. The van der Waals surface area contributed by atoms with Crippen molar-refractivity contribution in [3.05, 3.63) is 88.5 Å². The molecule has 48 heavy (non-hydrogen) atoms. The maximum Gasteiger partial charge on any atom is 0.229 e. The van der Waals surface area contributed by atoms with Crippen molar-refractivity contribution in [3.8, 4) is 17.2 Å². The third-order valence-corrected chi connectivity index (χ3v) is 10.5. The molecule has 0 aromatic heterocycles. The Kier molecular flexibility index (Phi) is 7.20. The average molecular weight is 663 g/mol. The van der Waals surface area contributed by atoms with Crippen LogP contribution in [-0.2, 0) is 10.3 Å². The Bertz CT molecular complexity index is 1910. The molecule has 1 fully saturated rings. The van der Waals surface area contributed by atoms with Crippen LogP contribution in [0, 0.1) is 5.41 Å². The summed E-state index contributed by atoms with van der Waals surface area (Å²) in [5.41, 5.74) is -7.70. The topological polar surface area (TPSA) is 218 Å². The Balaban J connectivity index is 1.54. The van der Waals surface area contributed by atoms with Crippen LogP contribution in [0.1, 0.15) is 60.2 Å². The normalized spacial score (nSPS) is 35.7. The lowest BCUT2D eigenvalue weighted by Gasteiger charge is -2.64. The molecule has 3 aromatic rings. The van der Waals surface area contributed by atoms with Crippen LogP contribution in [0.15, 0.2) is 66.3 Å². The van der Waals surface area contributed by atoms with E-state index in [0.717, 1.165) is 0 Å². The van der Waals surface area contributed by atoms with Gasteiger partial charge < -0.3 is 55.4 Å². The first kappa shape index (κ1) is 32.7. The molecule has 9 atom stereocenters. The van der Waals surface area contributed by atoms with Gasteiger partial charge in [-0.25, -0.2) is 0 Å². The van der Waals surface area contributed by atoms with E-state index < -0.39 is 82.7 Å². The van der Waals surface area contributed by atoms with Crippen LogP contribution < -0.4 is 4.74 Å². The van der Waals surface area contributed by atoms with Crippen LogP contribution >= 0.6 is 0 Å². The lowest BCUT2D eigenvalue weighted by molar-refractivity contribution is -0.277. The maximum atomic E-state index is 14.8. The van der Waals surface area contributed by atoms with E-state index in [1.807, 2.05) is 0 Å². The number of carbonyl (C=O) groups excluding carboxylic acids is 1. The maximum absolute atomic E-state index is 14.8. The fraction of sp³-hybridized carbons (Fsp3) is 0.417. The molecule has 3 aliphatic carbocycles. The van der Waals surface area contributed by atoms with Gasteiger partial charge in [0.15, 0.2) is 5.78 Å². The van der Waals surface area contributed by atoms with Crippen LogP contribution in [0.2, 0.25) is 0 Å². The molecule has 4 bridgehead atoms. The first-order chi connectivity index (χ1) is 22.5. The molecule has 0 amide bonds. The molecule has 12 heteroatoms. The summed E-state index contributed by atoms with van der Waals surface area (Å²) in [6.07, 6.45) is -3.49. The molecule has 1 aliphatic heterocycles. The Morgan fingerprint density at radius 2 is 1.73 bits per heavy atom. The predicted molar refractivity (Wildman–Crippen MR) is 169 cm³/mol. The number of phenols is 2. The summed E-state index contributed by atoms with van der Waals surface area (Å²) >= 11 is 0. The third-order valence-electron chi connectivity index (χ3n) is 10.5. The quantitative estimate of drug-likeness (QED) is 0.177. The van der Waals surface area contributed by atoms with Crippen molar-refractivity contribution in [2.75, 3.05) is 6.61 Å². The zero-order chi connectivity index (χ0) is 34.7. The van der Waals surface area contributed by atoms with Gasteiger partial charge >= 0.3 is 0 Å². The van der Waals surface area contributed by atoms with E-state index in [1.165, 1.54) is 56.3 Å². The summed E-state index contributed by atoms with van der Waals surface area (Å²) in [5, 5.41) is 101. The highest BCUT2D eigenvalue weighted by Crippen LogP contribution is 2.71. The molecule has 0 radical (unpaired) electrons. The van der Waals surface area contributed by atoms with Crippen LogP contribution in [0.4, 0.5) is 0 Å². The monoisotopic (exact) mass is 662 g/mol. The number of hydrogen-bond acceptors (Lipinski definition) is 12. The van der Waals surface area contributed by atoms with Gasteiger partial charge in [0.05, 0.1) is 23.2 Å². The number of ether oxygens (including phenoxy) is 2. The van der Waals surface area contributed by atoms with Crippen LogP contribution in [0.25, 0.3) is 10.8 Å². The Hall–Kier alpha value is -3.85. The van der Waals surface area contributed by atoms with E-state index in [-0.39, 0.29) is 45.2 Å². The molecule has 1 saturated heterocycles. The van der Waals surface area contributed by atoms with Crippen molar-refractivity contribution < 1.29 is 60.2 Å². The SMILES string of the molecule is CC1=C[C@@H]2c3cc4c(O[C@H]5O[C@@H](CO)[C@@H](O)[C@@H](O)[C@H]5O)cccc4c(O)c3[C@@]3(O)c4cccc(O)c4C(=O)[C@]2(/C=C/C(C)(C)O)[C@@]3(O)C1. The molecule has 9 N–H and O–H groups in total. The first-order valence-electron chi connectivity index (χ1n) is 15.7. The number of aliphatic hydroxyl groups excluding tert-OH is 4. The highest BCUT2D eigenvalue weighted by Gasteiger charge is 2.76. The third kappa shape index (κ3) is 4.09. The lowest BCUT2D eigenvalue weighted by atomic mass is 9.40. The van der Waals surface area contributed by atoms with Gasteiger partial charge in [0.2, 0.25) is 6.29 Å². The van der Waals surface area contributed by atoms with Gasteiger partial charge in [0.1, 0.15) is 52.9 Å². The van der Waals surface area contributed by atoms with Gasteiger partial charge in [0.25, 0.3) is 0 Å². The van der Waals surface area contributed by atoms with Gasteiger partial charge in [-0.1, -0.05) is 48.1 Å². The number of fused-ring (bicyclic) bond motifs is 6. The number of carbonyl (C=O) groups is 1. The first-order valence-corrected chi connectivity index (χ1v) is 15.7. The summed E-state index contributed by atoms with van der Waals surface area (Å²) in [6.45, 7) is 4.06. The summed E-state index contributed by atoms with van der Waals surface area (Å²) < 4.78 is 11.6. The summed E-state index contributed by atoms with van der Waals surface area (Å²) in [4.78, 5) is 14.8. The van der Waals surface area contributed by atoms with Gasteiger partial charge in [-0.15, -0.1) is 0 Å². The molecular weight excluding hydrogens is 624 g/mol. The second-order valence-electron chi connectivity index (χ2n) is 14.0. The highest BCUT2D eigenvalue weighted by atomic mass is 16.7. The molecule has 0 saturated carbocycles. The second-order valence-corrected chi connectivity index (χ2v) is 14.0. The van der Waals surface area contributed by atoms with Gasteiger partial charge in [0, 0.05) is 34.2 Å². The van der Waals surface area contributed by atoms with Crippen molar-refractivity contribution in [1.29, 1.82) is 0 Å². The van der Waals surface area contributed by atoms with Crippen molar-refractivity contribution >= 4 is 16.6 Å². The lowest BCUT2D eigenvalue weighted by Crippen LogP contribution is -2.73. The fourth-order valence-electron chi connectivity index (χ4n) is 8.29. The van der Waals surface area contributed by atoms with Crippen LogP contribution in [0.5, 0.6) is 17.2 Å². The highest BCUT2D eigenvalue weighted by molar-refractivity contribution is 6.11. The smallest absolute Gasteiger partial charge is 0.229 e. The largest absolute Gasteiger partial charge is 0.507 e. The number of aromatic hydroxyl groups is 2. The molecule has 0 spiro atoms. The summed E-state index contributed by atoms with van der Waals surface area (Å²) in [5.74, 6) is -2.54. The number of hydrogen-bond donors (Lipinski definition) is 9. The molecule has 12 nitrogen and oxygen atoms in total. The summed E-state index contributed by atoms with van der Waals surface area (Å²) in [6, 6.07) is 10.3. The zero-order valence-corrected chi connectivity index (χ0v) is 26.4. The number of Topliss-reactive ketones (excluding diaryl/α,β-unsaturated/α-hetero) is 1. The fourth-order valence-corrected chi connectivity index (χ4v) is 8.29.